The van der Waals surface area contributed by atoms with Gasteiger partial charge in [-0.15, -0.1) is 0 Å². The Bertz CT molecular complexity index is 188. The minimum Gasteiger partial charge on any atom is -0.378 e. The largest absolute Gasteiger partial charge is 0.378 e. The lowest BCUT2D eigenvalue weighted by Gasteiger charge is -2.22. The van der Waals surface area contributed by atoms with E-state index in [9.17, 15) is 0 Å². The predicted octanol–water partition coefficient (Wildman–Crippen LogP) is 1.13. The molecule has 0 aromatic rings. The van der Waals surface area contributed by atoms with Gasteiger partial charge in [0.05, 0.1) is 6.10 Å². The third-order valence-corrected chi connectivity index (χ3v) is 2.73. The van der Waals surface area contributed by atoms with Gasteiger partial charge in [0.15, 0.2) is 5.96 Å². The van der Waals surface area contributed by atoms with Crippen LogP contribution in [-0.4, -0.2) is 39.3 Å². The van der Waals surface area contributed by atoms with Gasteiger partial charge in [0.1, 0.15) is 0 Å². The third kappa shape index (κ3) is 5.02. The quantitative estimate of drug-likeness (QED) is 0.418. The number of hydrogen-bond donors (Lipinski definition) is 2. The summed E-state index contributed by atoms with van der Waals surface area (Å²) >= 11 is 0. The van der Waals surface area contributed by atoms with Gasteiger partial charge in [-0.3, -0.25) is 4.99 Å². The highest BCUT2D eigenvalue weighted by Gasteiger charge is 2.12. The van der Waals surface area contributed by atoms with Crippen LogP contribution in [0, 0.1) is 0 Å². The van der Waals surface area contributed by atoms with Crippen LogP contribution in [0.15, 0.2) is 4.99 Å². The van der Waals surface area contributed by atoms with E-state index < -0.39 is 0 Å². The molecule has 1 atom stereocenters. The van der Waals surface area contributed by atoms with Crippen LogP contribution in [0.25, 0.3) is 0 Å². The fourth-order valence-electron chi connectivity index (χ4n) is 1.85. The van der Waals surface area contributed by atoms with E-state index in [1.807, 2.05) is 7.05 Å². The molecule has 1 unspecified atom stereocenters. The average molecular weight is 213 g/mol. The summed E-state index contributed by atoms with van der Waals surface area (Å²) in [6.45, 7) is 1.92. The Hall–Kier alpha value is -0.770. The van der Waals surface area contributed by atoms with Crippen molar-refractivity contribution in [2.75, 3.05) is 27.2 Å². The number of ether oxygens (including phenoxy) is 1. The summed E-state index contributed by atoms with van der Waals surface area (Å²) in [5.41, 5.74) is 0. The Labute approximate surface area is 92.5 Å². The molecule has 1 fully saturated rings. The number of hydrogen-bond acceptors (Lipinski definition) is 2. The lowest BCUT2D eigenvalue weighted by molar-refractivity contribution is 0.0104. The van der Waals surface area contributed by atoms with Crippen molar-refractivity contribution < 1.29 is 4.74 Å². The van der Waals surface area contributed by atoms with E-state index in [0.29, 0.717) is 6.10 Å². The van der Waals surface area contributed by atoms with Gasteiger partial charge in [0.2, 0.25) is 0 Å². The van der Waals surface area contributed by atoms with E-state index >= 15 is 0 Å². The molecular formula is C11H23N3O. The van der Waals surface area contributed by atoms with Gasteiger partial charge in [-0.25, -0.2) is 0 Å². The maximum atomic E-state index is 5.66. The predicted molar refractivity (Wildman–Crippen MR) is 63.2 cm³/mol. The average Bonchev–Trinajstić information content (AvgIpc) is 2.31. The Morgan fingerprint density at radius 2 is 2.33 bits per heavy atom. The van der Waals surface area contributed by atoms with E-state index in [2.05, 4.69) is 15.6 Å². The smallest absolute Gasteiger partial charge is 0.190 e. The summed E-state index contributed by atoms with van der Waals surface area (Å²) in [7, 11) is 3.66. The van der Waals surface area contributed by atoms with Crippen molar-refractivity contribution in [3.63, 3.8) is 0 Å². The van der Waals surface area contributed by atoms with Crippen molar-refractivity contribution >= 4 is 5.96 Å². The number of nitrogens with one attached hydrogen (secondary N) is 2. The van der Waals surface area contributed by atoms with Gasteiger partial charge >= 0.3 is 0 Å². The molecule has 1 aliphatic heterocycles. The number of rotatable bonds is 4. The van der Waals surface area contributed by atoms with Crippen LogP contribution in [0.1, 0.15) is 32.1 Å². The minimum absolute atomic E-state index is 0.497. The van der Waals surface area contributed by atoms with Gasteiger partial charge in [0, 0.05) is 27.2 Å². The number of guanidine groups is 1. The number of nitrogens with zero attached hydrogens (tertiary/aromatic N) is 1. The third-order valence-electron chi connectivity index (χ3n) is 2.73. The maximum absolute atomic E-state index is 5.66. The molecular weight excluding hydrogens is 190 g/mol. The fourth-order valence-corrected chi connectivity index (χ4v) is 1.85. The molecule has 0 aromatic heterocycles. The van der Waals surface area contributed by atoms with E-state index in [4.69, 9.17) is 4.74 Å². The Morgan fingerprint density at radius 3 is 2.93 bits per heavy atom. The molecule has 0 spiro atoms. The molecule has 0 aromatic carbocycles. The second kappa shape index (κ2) is 7.51. The van der Waals surface area contributed by atoms with E-state index in [-0.39, 0.29) is 0 Å². The summed E-state index contributed by atoms with van der Waals surface area (Å²) in [5.74, 6) is 0.861. The van der Waals surface area contributed by atoms with Gasteiger partial charge in [-0.05, 0) is 32.1 Å². The highest BCUT2D eigenvalue weighted by atomic mass is 16.5. The highest BCUT2D eigenvalue weighted by molar-refractivity contribution is 5.79. The first-order valence-corrected chi connectivity index (χ1v) is 5.87. The number of aliphatic imine (C=N–C) groups is 1. The van der Waals surface area contributed by atoms with E-state index in [1.54, 1.807) is 7.05 Å². The molecule has 0 aliphatic carbocycles. The molecule has 1 rings (SSSR count). The van der Waals surface area contributed by atoms with E-state index in [0.717, 1.165) is 32.0 Å². The molecule has 0 radical (unpaired) electrons. The second-order valence-electron chi connectivity index (χ2n) is 3.88. The topological polar surface area (TPSA) is 45.7 Å². The van der Waals surface area contributed by atoms with Crippen molar-refractivity contribution in [3.8, 4) is 0 Å². The van der Waals surface area contributed by atoms with Crippen molar-refractivity contribution in [2.45, 2.75) is 38.2 Å². The van der Waals surface area contributed by atoms with Crippen LogP contribution in [0.3, 0.4) is 0 Å². The SMILES string of the molecule is CN=C(NC)NCCCC1CCCCO1. The Morgan fingerprint density at radius 1 is 1.47 bits per heavy atom. The second-order valence-corrected chi connectivity index (χ2v) is 3.88. The molecule has 15 heavy (non-hydrogen) atoms. The first-order valence-electron chi connectivity index (χ1n) is 5.87. The lowest BCUT2D eigenvalue weighted by Crippen LogP contribution is -2.35. The summed E-state index contributed by atoms with van der Waals surface area (Å²) in [4.78, 5) is 4.05. The van der Waals surface area contributed by atoms with E-state index in [1.165, 1.54) is 19.3 Å². The van der Waals surface area contributed by atoms with Crippen molar-refractivity contribution in [1.82, 2.24) is 10.6 Å². The summed E-state index contributed by atoms with van der Waals surface area (Å²) in [5, 5.41) is 6.24. The monoisotopic (exact) mass is 213 g/mol. The van der Waals surface area contributed by atoms with Crippen LogP contribution < -0.4 is 10.6 Å². The first-order chi connectivity index (χ1) is 7.36. The van der Waals surface area contributed by atoms with Gasteiger partial charge in [-0.2, -0.15) is 0 Å². The zero-order chi connectivity index (χ0) is 10.9. The molecule has 1 saturated heterocycles. The summed E-state index contributed by atoms with van der Waals surface area (Å²) in [6, 6.07) is 0. The zero-order valence-corrected chi connectivity index (χ0v) is 9.88. The van der Waals surface area contributed by atoms with Crippen molar-refractivity contribution in [1.29, 1.82) is 0 Å². The molecule has 1 aliphatic rings. The van der Waals surface area contributed by atoms with Gasteiger partial charge in [-0.1, -0.05) is 0 Å². The molecule has 1 heterocycles. The molecule has 0 saturated carbocycles. The first kappa shape index (κ1) is 12.3. The van der Waals surface area contributed by atoms with Gasteiger partial charge < -0.3 is 15.4 Å². The lowest BCUT2D eigenvalue weighted by atomic mass is 10.0. The highest BCUT2D eigenvalue weighted by Crippen LogP contribution is 2.16. The molecule has 4 heteroatoms. The normalized spacial score (nSPS) is 22.5. The zero-order valence-electron chi connectivity index (χ0n) is 9.88. The van der Waals surface area contributed by atoms with Gasteiger partial charge in [0.25, 0.3) is 0 Å². The minimum atomic E-state index is 0.497. The van der Waals surface area contributed by atoms with Crippen LogP contribution >= 0.6 is 0 Å². The van der Waals surface area contributed by atoms with Crippen molar-refractivity contribution in [3.05, 3.63) is 0 Å². The standard InChI is InChI=1S/C11H23N3O/c1-12-11(13-2)14-8-5-7-10-6-3-4-9-15-10/h10H,3-9H2,1-2H3,(H2,12,13,14). The van der Waals surface area contributed by atoms with Crippen LogP contribution in [0.5, 0.6) is 0 Å². The molecule has 88 valence electrons. The fraction of sp³-hybridized carbons (Fsp3) is 0.909. The van der Waals surface area contributed by atoms with Crippen LogP contribution in [0.2, 0.25) is 0 Å². The maximum Gasteiger partial charge on any atom is 0.190 e. The molecule has 2 N–H and O–H groups in total. The summed E-state index contributed by atoms with van der Waals surface area (Å²) < 4.78 is 5.66. The van der Waals surface area contributed by atoms with Crippen molar-refractivity contribution in [2.24, 2.45) is 4.99 Å². The molecule has 4 nitrogen and oxygen atoms in total. The Kier molecular flexibility index (Phi) is 6.16. The van der Waals surface area contributed by atoms with Crippen LogP contribution in [0.4, 0.5) is 0 Å². The molecule has 0 amide bonds. The molecule has 0 bridgehead atoms. The Balaban J connectivity index is 2.00. The van der Waals surface area contributed by atoms with Crippen LogP contribution in [-0.2, 0) is 4.74 Å². The summed E-state index contributed by atoms with van der Waals surface area (Å²) in [6.07, 6.45) is 6.61.